The first-order chi connectivity index (χ1) is 11.5. The van der Waals surface area contributed by atoms with Crippen LogP contribution in [0.5, 0.6) is 0 Å². The van der Waals surface area contributed by atoms with E-state index in [0.717, 1.165) is 0 Å². The third-order valence-electron chi connectivity index (χ3n) is 3.69. The van der Waals surface area contributed by atoms with E-state index in [2.05, 4.69) is 10.1 Å². The van der Waals surface area contributed by atoms with Crippen LogP contribution in [0.1, 0.15) is 31.6 Å². The zero-order valence-electron chi connectivity index (χ0n) is 12.6. The lowest BCUT2D eigenvalue weighted by molar-refractivity contribution is -0.119. The SMILES string of the molecule is COC(=O)c1ccc([C@@H]2NC(=O)C(O)=C2C(=O)c2cccs2)cc1. The van der Waals surface area contributed by atoms with Gasteiger partial charge in [-0.05, 0) is 29.1 Å². The summed E-state index contributed by atoms with van der Waals surface area (Å²) in [7, 11) is 1.28. The standard InChI is InChI=1S/C17H13NO5S/c1-23-17(22)10-6-4-9(5-7-10)13-12(15(20)16(21)18-13)14(19)11-3-2-8-24-11/h2-8,13,20H,1H3,(H,18,21)/t13-/m0/s1. The van der Waals surface area contributed by atoms with Crippen molar-refractivity contribution in [2.45, 2.75) is 6.04 Å². The minimum atomic E-state index is -0.765. The molecule has 0 saturated carbocycles. The number of ether oxygens (including phenoxy) is 1. The Morgan fingerprint density at radius 1 is 1.21 bits per heavy atom. The fourth-order valence-corrected chi connectivity index (χ4v) is 3.17. The van der Waals surface area contributed by atoms with E-state index >= 15 is 0 Å². The molecule has 7 heteroatoms. The lowest BCUT2D eigenvalue weighted by Gasteiger charge is -2.14. The van der Waals surface area contributed by atoms with Gasteiger partial charge in [-0.2, -0.15) is 0 Å². The fourth-order valence-electron chi connectivity index (χ4n) is 2.49. The van der Waals surface area contributed by atoms with E-state index in [-0.39, 0.29) is 5.57 Å². The van der Waals surface area contributed by atoms with Crippen molar-refractivity contribution in [1.82, 2.24) is 5.32 Å². The van der Waals surface area contributed by atoms with E-state index in [9.17, 15) is 19.5 Å². The number of esters is 1. The summed E-state index contributed by atoms with van der Waals surface area (Å²) in [5.41, 5.74) is 0.943. The van der Waals surface area contributed by atoms with Crippen molar-refractivity contribution in [3.8, 4) is 0 Å². The summed E-state index contributed by atoms with van der Waals surface area (Å²) >= 11 is 1.23. The number of nitrogens with one attached hydrogen (secondary N) is 1. The summed E-state index contributed by atoms with van der Waals surface area (Å²) in [6.45, 7) is 0. The van der Waals surface area contributed by atoms with Crippen molar-refractivity contribution in [2.24, 2.45) is 0 Å². The number of amides is 1. The van der Waals surface area contributed by atoms with E-state index in [1.807, 2.05) is 0 Å². The zero-order valence-corrected chi connectivity index (χ0v) is 13.4. The predicted molar refractivity (Wildman–Crippen MR) is 87.0 cm³/mol. The first kappa shape index (κ1) is 15.9. The molecule has 1 atom stereocenters. The van der Waals surface area contributed by atoms with Crippen molar-refractivity contribution in [2.75, 3.05) is 7.11 Å². The van der Waals surface area contributed by atoms with Crippen LogP contribution >= 0.6 is 11.3 Å². The lowest BCUT2D eigenvalue weighted by Crippen LogP contribution is -2.23. The number of rotatable bonds is 4. The highest BCUT2D eigenvalue weighted by Gasteiger charge is 2.37. The highest BCUT2D eigenvalue weighted by atomic mass is 32.1. The average molecular weight is 343 g/mol. The summed E-state index contributed by atoms with van der Waals surface area (Å²) in [5, 5.41) is 14.3. The van der Waals surface area contributed by atoms with Crippen molar-refractivity contribution < 1.29 is 24.2 Å². The van der Waals surface area contributed by atoms with Gasteiger partial charge in [0.1, 0.15) is 0 Å². The second-order valence-corrected chi connectivity index (χ2v) is 6.04. The fraction of sp³-hybridized carbons (Fsp3) is 0.118. The zero-order chi connectivity index (χ0) is 17.3. The summed E-state index contributed by atoms with van der Waals surface area (Å²) < 4.78 is 4.63. The highest BCUT2D eigenvalue weighted by molar-refractivity contribution is 7.12. The number of carbonyl (C=O) groups excluding carboxylic acids is 3. The molecular formula is C17H13NO5S. The number of aliphatic hydroxyl groups excluding tert-OH is 1. The van der Waals surface area contributed by atoms with Crippen LogP contribution in [0.25, 0.3) is 0 Å². The van der Waals surface area contributed by atoms with Gasteiger partial charge >= 0.3 is 5.97 Å². The number of benzene rings is 1. The molecule has 0 bridgehead atoms. The van der Waals surface area contributed by atoms with Crippen LogP contribution in [-0.2, 0) is 9.53 Å². The quantitative estimate of drug-likeness (QED) is 0.657. The van der Waals surface area contributed by atoms with E-state index in [0.29, 0.717) is 16.0 Å². The maximum absolute atomic E-state index is 12.6. The second kappa shape index (κ2) is 6.29. The number of hydrogen-bond acceptors (Lipinski definition) is 6. The van der Waals surface area contributed by atoms with E-state index in [4.69, 9.17) is 0 Å². The maximum Gasteiger partial charge on any atom is 0.337 e. The Morgan fingerprint density at radius 3 is 2.50 bits per heavy atom. The highest BCUT2D eigenvalue weighted by Crippen LogP contribution is 2.32. The van der Waals surface area contributed by atoms with Gasteiger partial charge in [-0.1, -0.05) is 18.2 Å². The predicted octanol–water partition coefficient (Wildman–Crippen LogP) is 2.40. The van der Waals surface area contributed by atoms with Crippen LogP contribution in [0.15, 0.2) is 53.1 Å². The Kier molecular flexibility index (Phi) is 4.18. The minimum absolute atomic E-state index is 0.00766. The smallest absolute Gasteiger partial charge is 0.337 e. The average Bonchev–Trinajstić information content (AvgIpc) is 3.23. The van der Waals surface area contributed by atoms with Crippen LogP contribution < -0.4 is 5.32 Å². The topological polar surface area (TPSA) is 92.7 Å². The number of methoxy groups -OCH3 is 1. The van der Waals surface area contributed by atoms with Gasteiger partial charge in [-0.15, -0.1) is 11.3 Å². The van der Waals surface area contributed by atoms with Crippen LogP contribution in [0, 0.1) is 0 Å². The molecule has 0 spiro atoms. The van der Waals surface area contributed by atoms with Gasteiger partial charge in [-0.25, -0.2) is 4.79 Å². The number of carbonyl (C=O) groups is 3. The van der Waals surface area contributed by atoms with Gasteiger partial charge in [0, 0.05) is 0 Å². The van der Waals surface area contributed by atoms with Gasteiger partial charge in [0.2, 0.25) is 5.78 Å². The molecule has 0 unspecified atom stereocenters. The largest absolute Gasteiger partial charge is 0.503 e. The molecule has 0 aliphatic carbocycles. The van der Waals surface area contributed by atoms with Crippen LogP contribution in [0.2, 0.25) is 0 Å². The Labute approximate surface area is 141 Å². The molecule has 1 aliphatic heterocycles. The molecule has 1 amide bonds. The Bertz CT molecular complexity index is 836. The van der Waals surface area contributed by atoms with Crippen molar-refractivity contribution in [1.29, 1.82) is 0 Å². The summed E-state index contributed by atoms with van der Waals surface area (Å²) in [4.78, 5) is 36.3. The van der Waals surface area contributed by atoms with Gasteiger partial charge in [0.15, 0.2) is 5.76 Å². The molecule has 1 aliphatic rings. The van der Waals surface area contributed by atoms with Crippen molar-refractivity contribution in [3.63, 3.8) is 0 Å². The van der Waals surface area contributed by atoms with Gasteiger partial charge in [0.05, 0.1) is 29.2 Å². The molecule has 2 aromatic rings. The molecule has 6 nitrogen and oxygen atoms in total. The maximum atomic E-state index is 12.6. The summed E-state index contributed by atoms with van der Waals surface area (Å²) in [5.74, 6) is -2.15. The molecule has 2 heterocycles. The first-order valence-corrected chi connectivity index (χ1v) is 7.91. The number of hydrogen-bond donors (Lipinski definition) is 2. The van der Waals surface area contributed by atoms with Crippen LogP contribution in [-0.4, -0.2) is 29.9 Å². The molecule has 122 valence electrons. The first-order valence-electron chi connectivity index (χ1n) is 7.03. The normalized spacial score (nSPS) is 16.9. The number of aliphatic hydroxyl groups is 1. The Hall–Kier alpha value is -2.93. The number of ketones is 1. The number of Topliss-reactive ketones (excluding diaryl/α,β-unsaturated/α-hetero) is 1. The minimum Gasteiger partial charge on any atom is -0.503 e. The van der Waals surface area contributed by atoms with E-state index in [1.54, 1.807) is 29.6 Å². The Morgan fingerprint density at radius 2 is 1.92 bits per heavy atom. The monoisotopic (exact) mass is 343 g/mol. The summed E-state index contributed by atoms with van der Waals surface area (Å²) in [6, 6.07) is 8.88. The third kappa shape index (κ3) is 2.69. The molecule has 1 aromatic heterocycles. The lowest BCUT2D eigenvalue weighted by atomic mass is 9.95. The van der Waals surface area contributed by atoms with Crippen molar-refractivity contribution in [3.05, 3.63) is 69.1 Å². The molecule has 2 N–H and O–H groups in total. The summed E-state index contributed by atoms with van der Waals surface area (Å²) in [6.07, 6.45) is 0. The molecule has 0 radical (unpaired) electrons. The van der Waals surface area contributed by atoms with Crippen molar-refractivity contribution >= 4 is 29.0 Å². The molecule has 24 heavy (non-hydrogen) atoms. The molecule has 0 fully saturated rings. The van der Waals surface area contributed by atoms with E-state index < -0.39 is 29.5 Å². The molecule has 1 aromatic carbocycles. The van der Waals surface area contributed by atoms with Gasteiger partial charge < -0.3 is 15.2 Å². The molecule has 0 saturated heterocycles. The number of thiophene rings is 1. The Balaban J connectivity index is 1.96. The van der Waals surface area contributed by atoms with Crippen LogP contribution in [0.4, 0.5) is 0 Å². The van der Waals surface area contributed by atoms with E-state index in [1.165, 1.54) is 30.6 Å². The van der Waals surface area contributed by atoms with Gasteiger partial charge in [-0.3, -0.25) is 9.59 Å². The molecule has 3 rings (SSSR count). The second-order valence-electron chi connectivity index (χ2n) is 5.09. The third-order valence-corrected chi connectivity index (χ3v) is 4.56. The van der Waals surface area contributed by atoms with Gasteiger partial charge in [0.25, 0.3) is 5.91 Å². The van der Waals surface area contributed by atoms with Crippen LogP contribution in [0.3, 0.4) is 0 Å². The molecular weight excluding hydrogens is 330 g/mol.